The minimum atomic E-state index is 0.571. The van der Waals surface area contributed by atoms with Crippen molar-refractivity contribution in [3.05, 3.63) is 59.2 Å². The largest absolute Gasteiger partial charge is 0.490 e. The van der Waals surface area contributed by atoms with Gasteiger partial charge in [0.05, 0.1) is 52.0 Å². The molecule has 0 saturated heterocycles. The first kappa shape index (κ1) is 89.7. The van der Waals surface area contributed by atoms with Crippen molar-refractivity contribution in [1.82, 2.24) is 9.97 Å². The predicted molar refractivity (Wildman–Crippen MR) is 431 cm³/mol. The van der Waals surface area contributed by atoms with Gasteiger partial charge in [-0.05, 0) is 74.6 Å². The molecule has 0 aliphatic rings. The molecule has 0 bridgehead atoms. The third-order valence-corrected chi connectivity index (χ3v) is 19.9. The first-order valence-corrected chi connectivity index (χ1v) is 43.5. The van der Waals surface area contributed by atoms with Crippen molar-refractivity contribution < 1.29 is 28.4 Å². The van der Waals surface area contributed by atoms with Gasteiger partial charge in [0.25, 0.3) is 0 Å². The number of hydrogen-bond acceptors (Lipinski definition) is 8. The van der Waals surface area contributed by atoms with Crippen LogP contribution in [0.5, 0.6) is 34.5 Å². The summed E-state index contributed by atoms with van der Waals surface area (Å²) in [6.07, 6.45) is 80.3. The second kappa shape index (κ2) is 68.8. The Bertz CT molecular complexity index is 2160. The summed E-state index contributed by atoms with van der Waals surface area (Å²) in [7, 11) is 0. The first-order valence-electron chi connectivity index (χ1n) is 43.5. The predicted octanol–water partition coefficient (Wildman–Crippen LogP) is 29.1. The lowest BCUT2D eigenvalue weighted by Crippen LogP contribution is -2.07. The Balaban J connectivity index is 1.90. The van der Waals surface area contributed by atoms with Gasteiger partial charge in [-0.25, -0.2) is 9.97 Å². The number of unbranched alkanes of at least 4 members (excludes halogenated alkanes) is 54. The van der Waals surface area contributed by atoms with Gasteiger partial charge in [-0.15, -0.1) is 0 Å². The van der Waals surface area contributed by atoms with Crippen LogP contribution in [0.4, 0.5) is 0 Å². The molecule has 0 amide bonds. The molecule has 0 N–H and O–H groups in total. The van der Waals surface area contributed by atoms with E-state index in [4.69, 9.17) is 38.4 Å². The molecule has 100 heavy (non-hydrogen) atoms. The fourth-order valence-corrected chi connectivity index (χ4v) is 13.4. The van der Waals surface area contributed by atoms with E-state index in [0.29, 0.717) is 51.0 Å². The molecule has 0 spiro atoms. The van der Waals surface area contributed by atoms with E-state index in [-0.39, 0.29) is 0 Å². The maximum absolute atomic E-state index is 6.73. The molecule has 0 saturated carbocycles. The van der Waals surface area contributed by atoms with Crippen LogP contribution < -0.4 is 28.4 Å². The van der Waals surface area contributed by atoms with Crippen LogP contribution in [0.1, 0.15) is 449 Å². The standard InChI is InChI=1S/C92H156N2O6/c1-7-13-19-25-31-37-43-49-55-61-71-95-87-77-83(78-88(96-72-62-56-50-44-38-32-26-20-14-8-2)91(87)99-75-65-59-53-47-41-35-29-23-17-11-5)67-69-85-81-94-86(82-93-85)70-68-84-79-89(97-73-63-57-51-45-39-33-27-21-15-9-3)92(100-76-66-60-54-48-42-36-30-24-18-12-6)90(80-84)98-74-64-58-52-46-40-34-28-22-16-10-4/h77-82H,7-66,71-76H2,1-6H3. The molecule has 0 fully saturated rings. The average Bonchev–Trinajstić information content (AvgIpc) is 0.834. The summed E-state index contributed by atoms with van der Waals surface area (Å²) in [6, 6.07) is 8.21. The smallest absolute Gasteiger partial charge is 0.203 e. The van der Waals surface area contributed by atoms with Gasteiger partial charge in [-0.3, -0.25) is 0 Å². The molecule has 0 aliphatic heterocycles. The Hall–Kier alpha value is -4.56. The van der Waals surface area contributed by atoms with Crippen molar-refractivity contribution in [1.29, 1.82) is 0 Å². The summed E-state index contributed by atoms with van der Waals surface area (Å²) in [6.45, 7) is 17.6. The second-order valence-electron chi connectivity index (χ2n) is 29.6. The van der Waals surface area contributed by atoms with Crippen LogP contribution in [0.15, 0.2) is 36.7 Å². The summed E-state index contributed by atoms with van der Waals surface area (Å²) >= 11 is 0. The zero-order valence-corrected chi connectivity index (χ0v) is 66.5. The Kier molecular flexibility index (Phi) is 61.7. The highest BCUT2D eigenvalue weighted by molar-refractivity contribution is 5.59. The number of aromatic nitrogens is 2. The van der Waals surface area contributed by atoms with E-state index in [0.717, 1.165) is 110 Å². The quantitative estimate of drug-likeness (QED) is 0.0408. The molecule has 8 heteroatoms. The summed E-state index contributed by atoms with van der Waals surface area (Å²) in [5.41, 5.74) is 2.76. The normalized spacial score (nSPS) is 11.2. The van der Waals surface area contributed by atoms with E-state index in [9.17, 15) is 0 Å². The summed E-state index contributed by atoms with van der Waals surface area (Å²) in [4.78, 5) is 9.60. The maximum atomic E-state index is 6.73. The highest BCUT2D eigenvalue weighted by atomic mass is 16.5. The summed E-state index contributed by atoms with van der Waals surface area (Å²) in [5, 5.41) is 0. The van der Waals surface area contributed by atoms with Crippen molar-refractivity contribution in [3.63, 3.8) is 0 Å². The highest BCUT2D eigenvalue weighted by Gasteiger charge is 2.18. The van der Waals surface area contributed by atoms with Gasteiger partial charge >= 0.3 is 0 Å². The number of ether oxygens (including phenoxy) is 6. The number of rotatable bonds is 72. The molecular formula is C92H156N2O6. The summed E-state index contributed by atoms with van der Waals surface area (Å²) in [5.74, 6) is 17.9. The van der Waals surface area contributed by atoms with E-state index < -0.39 is 0 Å². The van der Waals surface area contributed by atoms with E-state index in [2.05, 4.69) is 89.5 Å². The molecule has 0 aliphatic carbocycles. The SMILES string of the molecule is CCCCCCCCCCCCOc1cc(C#Cc2cnc(C#Cc3cc(OCCCCCCCCCCCC)c(OCCCCCCCCCCCC)c(OCCCCCCCCCCCC)c3)cn2)cc(OCCCCCCCCCCCC)c1OCCCCCCCCCCCC. The fraction of sp³-hybridized carbons (Fsp3) is 0.783. The Morgan fingerprint density at radius 3 is 0.530 bits per heavy atom. The van der Waals surface area contributed by atoms with Crippen LogP contribution in [0, 0.1) is 23.7 Å². The number of nitrogens with zero attached hydrogens (tertiary/aromatic N) is 2. The van der Waals surface area contributed by atoms with Gasteiger partial charge in [-0.1, -0.05) is 400 Å². The third kappa shape index (κ3) is 50.7. The van der Waals surface area contributed by atoms with Gasteiger partial charge in [-0.2, -0.15) is 0 Å². The van der Waals surface area contributed by atoms with E-state index in [1.54, 1.807) is 12.4 Å². The van der Waals surface area contributed by atoms with Crippen molar-refractivity contribution in [2.45, 2.75) is 427 Å². The van der Waals surface area contributed by atoms with Gasteiger partial charge in [0.2, 0.25) is 11.5 Å². The average molecular weight is 1390 g/mol. The minimum absolute atomic E-state index is 0.571. The second-order valence-corrected chi connectivity index (χ2v) is 29.6. The van der Waals surface area contributed by atoms with Crippen LogP contribution in [0.25, 0.3) is 0 Å². The van der Waals surface area contributed by atoms with Crippen molar-refractivity contribution in [2.75, 3.05) is 39.6 Å². The van der Waals surface area contributed by atoms with Gasteiger partial charge in [0, 0.05) is 11.1 Å². The molecule has 3 aromatic rings. The molecule has 8 nitrogen and oxygen atoms in total. The Morgan fingerprint density at radius 2 is 0.360 bits per heavy atom. The topological polar surface area (TPSA) is 81.2 Å². The van der Waals surface area contributed by atoms with Crippen LogP contribution in [-0.4, -0.2) is 49.6 Å². The minimum Gasteiger partial charge on any atom is -0.490 e. The van der Waals surface area contributed by atoms with E-state index in [1.165, 1.54) is 321 Å². The molecule has 0 atom stereocenters. The lowest BCUT2D eigenvalue weighted by Gasteiger charge is -2.18. The molecule has 0 unspecified atom stereocenters. The lowest BCUT2D eigenvalue weighted by atomic mass is 10.1. The van der Waals surface area contributed by atoms with Gasteiger partial charge < -0.3 is 28.4 Å². The molecule has 2 aromatic carbocycles. The summed E-state index contributed by atoms with van der Waals surface area (Å²) < 4.78 is 40.3. The van der Waals surface area contributed by atoms with Crippen LogP contribution in [0.2, 0.25) is 0 Å². The third-order valence-electron chi connectivity index (χ3n) is 19.9. The van der Waals surface area contributed by atoms with Crippen LogP contribution in [0.3, 0.4) is 0 Å². The van der Waals surface area contributed by atoms with Gasteiger partial charge in [0.1, 0.15) is 11.4 Å². The Labute approximate surface area is 618 Å². The molecule has 3 rings (SSSR count). The highest BCUT2D eigenvalue weighted by Crippen LogP contribution is 2.41. The Morgan fingerprint density at radius 1 is 0.200 bits per heavy atom. The molecule has 1 aromatic heterocycles. The molecular weight excluding hydrogens is 1230 g/mol. The number of benzene rings is 2. The molecule has 1 heterocycles. The molecule has 570 valence electrons. The lowest BCUT2D eigenvalue weighted by molar-refractivity contribution is 0.234. The van der Waals surface area contributed by atoms with E-state index >= 15 is 0 Å². The fourth-order valence-electron chi connectivity index (χ4n) is 13.4. The van der Waals surface area contributed by atoms with Crippen molar-refractivity contribution in [3.8, 4) is 58.2 Å². The zero-order valence-electron chi connectivity index (χ0n) is 66.5. The van der Waals surface area contributed by atoms with Crippen molar-refractivity contribution >= 4 is 0 Å². The molecule has 0 radical (unpaired) electrons. The zero-order chi connectivity index (χ0) is 71.2. The van der Waals surface area contributed by atoms with Crippen molar-refractivity contribution in [2.24, 2.45) is 0 Å². The maximum Gasteiger partial charge on any atom is 0.203 e. The van der Waals surface area contributed by atoms with E-state index in [1.807, 2.05) is 0 Å². The van der Waals surface area contributed by atoms with Crippen LogP contribution in [-0.2, 0) is 0 Å². The first-order chi connectivity index (χ1) is 49.6. The monoisotopic (exact) mass is 1390 g/mol. The number of hydrogen-bond donors (Lipinski definition) is 0. The van der Waals surface area contributed by atoms with Gasteiger partial charge in [0.15, 0.2) is 23.0 Å². The van der Waals surface area contributed by atoms with Crippen LogP contribution >= 0.6 is 0 Å².